The molecule has 0 unspecified atom stereocenters. The van der Waals surface area contributed by atoms with E-state index < -0.39 is 23.6 Å². The van der Waals surface area contributed by atoms with Crippen LogP contribution in [0.15, 0.2) is 29.4 Å². The molecule has 8 heteroatoms. The topological polar surface area (TPSA) is 117 Å². The van der Waals surface area contributed by atoms with E-state index in [0.717, 1.165) is 5.56 Å². The zero-order chi connectivity index (χ0) is 19.3. The zero-order valence-electron chi connectivity index (χ0n) is 15.3. The number of hydrogen-bond donors (Lipinski definition) is 2. The SMILES string of the molecule is CC(C)(C)OC(=O)N1CC[C@H]([C@H](Cc2cccc(N=[N+]=N)c2)C(=O)O)C1. The average Bonchev–Trinajstić information content (AvgIpc) is 3.01. The Morgan fingerprint density at radius 1 is 1.46 bits per heavy atom. The number of carboxylic acids is 1. The van der Waals surface area contributed by atoms with Crippen molar-refractivity contribution < 1.29 is 19.4 Å². The summed E-state index contributed by atoms with van der Waals surface area (Å²) in [7, 11) is 0. The van der Waals surface area contributed by atoms with Crippen LogP contribution in [0.25, 0.3) is 0 Å². The molecule has 1 heterocycles. The predicted octanol–water partition coefficient (Wildman–Crippen LogP) is 3.37. The molecule has 0 radical (unpaired) electrons. The number of benzene rings is 1. The van der Waals surface area contributed by atoms with E-state index in [1.165, 1.54) is 0 Å². The first kappa shape index (κ1) is 19.6. The molecule has 26 heavy (non-hydrogen) atoms. The van der Waals surface area contributed by atoms with Gasteiger partial charge in [0.25, 0.3) is 0 Å². The second-order valence-corrected chi connectivity index (χ2v) is 7.49. The summed E-state index contributed by atoms with van der Waals surface area (Å²) in [5, 5.41) is 13.3. The van der Waals surface area contributed by atoms with Crippen molar-refractivity contribution in [2.45, 2.75) is 39.2 Å². The molecule has 1 aliphatic heterocycles. The second-order valence-electron chi connectivity index (χ2n) is 7.49. The van der Waals surface area contributed by atoms with Gasteiger partial charge in [-0.15, -0.1) is 0 Å². The Morgan fingerprint density at radius 2 is 2.19 bits per heavy atom. The van der Waals surface area contributed by atoms with Crippen LogP contribution in [0, 0.1) is 17.4 Å². The molecule has 8 nitrogen and oxygen atoms in total. The van der Waals surface area contributed by atoms with Crippen molar-refractivity contribution in [2.75, 3.05) is 13.1 Å². The molecule has 1 amide bonds. The molecule has 1 aliphatic rings. The van der Waals surface area contributed by atoms with E-state index in [9.17, 15) is 14.7 Å². The third-order valence-electron chi connectivity index (χ3n) is 4.29. The van der Waals surface area contributed by atoms with Crippen LogP contribution in [0.1, 0.15) is 32.8 Å². The number of nitrogens with zero attached hydrogens (tertiary/aromatic N) is 3. The lowest BCUT2D eigenvalue weighted by Crippen LogP contribution is -2.36. The minimum atomic E-state index is -0.881. The normalized spacial score (nSPS) is 18.1. The number of aliphatic carboxylic acids is 1. The number of ether oxygens (including phenoxy) is 1. The maximum absolute atomic E-state index is 12.2. The lowest BCUT2D eigenvalue weighted by Gasteiger charge is -2.25. The Kier molecular flexibility index (Phi) is 6.10. The molecule has 2 rings (SSSR count). The van der Waals surface area contributed by atoms with E-state index in [-0.39, 0.29) is 5.92 Å². The quantitative estimate of drug-likeness (QED) is 0.617. The molecule has 140 valence electrons. The highest BCUT2D eigenvalue weighted by atomic mass is 16.6. The summed E-state index contributed by atoms with van der Waals surface area (Å²) in [5.41, 5.74) is 7.56. The van der Waals surface area contributed by atoms with Crippen molar-refractivity contribution in [3.8, 4) is 0 Å². The van der Waals surface area contributed by atoms with Crippen LogP contribution in [-0.2, 0) is 16.0 Å². The van der Waals surface area contributed by atoms with Gasteiger partial charge >= 0.3 is 12.1 Å². The minimum Gasteiger partial charge on any atom is -0.481 e. The van der Waals surface area contributed by atoms with Gasteiger partial charge in [0.15, 0.2) is 10.8 Å². The van der Waals surface area contributed by atoms with Crippen molar-refractivity contribution in [1.82, 2.24) is 9.81 Å². The fourth-order valence-electron chi connectivity index (χ4n) is 3.12. The smallest absolute Gasteiger partial charge is 0.410 e. The van der Waals surface area contributed by atoms with Gasteiger partial charge in [0.05, 0.1) is 5.92 Å². The van der Waals surface area contributed by atoms with Crippen LogP contribution in [0.4, 0.5) is 10.5 Å². The largest absolute Gasteiger partial charge is 0.481 e. The monoisotopic (exact) mass is 361 g/mol. The second kappa shape index (κ2) is 8.10. The number of carboxylic acid groups (broad SMARTS) is 1. The van der Waals surface area contributed by atoms with Gasteiger partial charge in [-0.2, -0.15) is 0 Å². The summed E-state index contributed by atoms with van der Waals surface area (Å²) in [6, 6.07) is 7.03. The summed E-state index contributed by atoms with van der Waals surface area (Å²) in [6.45, 7) is 6.29. The predicted molar refractivity (Wildman–Crippen MR) is 94.1 cm³/mol. The van der Waals surface area contributed by atoms with Gasteiger partial charge in [0.2, 0.25) is 4.91 Å². The van der Waals surface area contributed by atoms with Crippen LogP contribution in [0.2, 0.25) is 0 Å². The molecule has 2 atom stereocenters. The van der Waals surface area contributed by atoms with E-state index in [1.54, 1.807) is 43.9 Å². The number of carbonyl (C=O) groups is 2. The molecule has 0 aliphatic carbocycles. The molecule has 2 N–H and O–H groups in total. The first-order valence-electron chi connectivity index (χ1n) is 8.57. The fraction of sp³-hybridized carbons (Fsp3) is 0.556. The van der Waals surface area contributed by atoms with Crippen molar-refractivity contribution in [3.63, 3.8) is 0 Å². The molecule has 1 aromatic rings. The molecule has 1 saturated heterocycles. The Balaban J connectivity index is 2.07. The maximum atomic E-state index is 12.2. The van der Waals surface area contributed by atoms with Gasteiger partial charge in [-0.25, -0.2) is 4.79 Å². The Labute approximate surface area is 152 Å². The minimum absolute atomic E-state index is 0.138. The lowest BCUT2D eigenvalue weighted by atomic mass is 9.86. The van der Waals surface area contributed by atoms with Crippen molar-refractivity contribution >= 4 is 17.7 Å². The molecular weight excluding hydrogens is 336 g/mol. The summed E-state index contributed by atoms with van der Waals surface area (Å²) in [6.07, 6.45) is 0.563. The van der Waals surface area contributed by atoms with E-state index in [2.05, 4.69) is 10.0 Å². The number of amides is 1. The maximum Gasteiger partial charge on any atom is 0.410 e. The number of rotatable bonds is 5. The number of likely N-dealkylation sites (tertiary alicyclic amines) is 1. The average molecular weight is 361 g/mol. The number of nitrogens with one attached hydrogen (secondary N) is 1. The Bertz CT molecular complexity index is 722. The summed E-state index contributed by atoms with van der Waals surface area (Å²) in [5.74, 6) is -1.62. The third-order valence-corrected chi connectivity index (χ3v) is 4.29. The Morgan fingerprint density at radius 3 is 2.81 bits per heavy atom. The van der Waals surface area contributed by atoms with Gasteiger partial charge in [-0.1, -0.05) is 12.1 Å². The van der Waals surface area contributed by atoms with Gasteiger partial charge in [0, 0.05) is 13.1 Å². The van der Waals surface area contributed by atoms with Crippen LogP contribution in [-0.4, -0.2) is 40.8 Å². The van der Waals surface area contributed by atoms with E-state index >= 15 is 0 Å². The van der Waals surface area contributed by atoms with Gasteiger partial charge in [0.1, 0.15) is 11.1 Å². The molecule has 0 spiro atoms. The van der Waals surface area contributed by atoms with Crippen LogP contribution in [0.3, 0.4) is 0 Å². The first-order chi connectivity index (χ1) is 12.2. The van der Waals surface area contributed by atoms with Crippen molar-refractivity contribution in [3.05, 3.63) is 29.8 Å². The standard InChI is InChI=1S/C18H24N4O4/c1-18(2,3)26-17(25)22-8-7-13(11-22)15(16(23)24)10-12-5-4-6-14(9-12)20-21-19/h4-6,9,13,15,19H,7-8,10-11H2,1-3H3/p+1/t13-,15-/m0/s1. The van der Waals surface area contributed by atoms with E-state index in [1.807, 2.05) is 6.07 Å². The third kappa shape index (κ3) is 5.39. The van der Waals surface area contributed by atoms with Crippen LogP contribution < -0.4 is 4.91 Å². The van der Waals surface area contributed by atoms with E-state index in [0.29, 0.717) is 31.6 Å². The number of carbonyl (C=O) groups excluding carboxylic acids is 1. The van der Waals surface area contributed by atoms with Gasteiger partial charge < -0.3 is 14.7 Å². The zero-order valence-corrected chi connectivity index (χ0v) is 15.3. The van der Waals surface area contributed by atoms with Gasteiger partial charge in [-0.05, 0) is 57.2 Å². The first-order valence-corrected chi connectivity index (χ1v) is 8.57. The van der Waals surface area contributed by atoms with Gasteiger partial charge in [-0.3, -0.25) is 4.79 Å². The summed E-state index contributed by atoms with van der Waals surface area (Å²) in [4.78, 5) is 28.6. The molecule has 1 aromatic carbocycles. The molecule has 0 saturated carbocycles. The Hall–Kier alpha value is -2.73. The van der Waals surface area contributed by atoms with Crippen molar-refractivity contribution in [2.24, 2.45) is 17.0 Å². The molecular formula is C18H25N4O4+. The molecule has 1 fully saturated rings. The number of hydrogen-bond acceptors (Lipinski definition) is 5. The lowest BCUT2D eigenvalue weighted by molar-refractivity contribution is -0.143. The highest BCUT2D eigenvalue weighted by Crippen LogP contribution is 2.29. The summed E-state index contributed by atoms with van der Waals surface area (Å²) < 4.78 is 5.37. The van der Waals surface area contributed by atoms with E-state index in [4.69, 9.17) is 10.3 Å². The highest BCUT2D eigenvalue weighted by molar-refractivity contribution is 5.72. The molecule has 0 bridgehead atoms. The van der Waals surface area contributed by atoms with Crippen LogP contribution in [0.5, 0.6) is 0 Å². The summed E-state index contributed by atoms with van der Waals surface area (Å²) >= 11 is 0. The highest BCUT2D eigenvalue weighted by Gasteiger charge is 2.37. The molecule has 0 aromatic heterocycles. The van der Waals surface area contributed by atoms with Crippen LogP contribution >= 0.6 is 0 Å². The van der Waals surface area contributed by atoms with Crippen molar-refractivity contribution in [1.29, 1.82) is 5.53 Å². The fourth-order valence-corrected chi connectivity index (χ4v) is 3.12.